The molecule has 0 saturated carbocycles. The summed E-state index contributed by atoms with van der Waals surface area (Å²) in [7, 11) is 0. The fourth-order valence-corrected chi connectivity index (χ4v) is 0.696. The van der Waals surface area contributed by atoms with Crippen molar-refractivity contribution in [3.05, 3.63) is 30.1 Å². The molecule has 1 heterocycles. The smallest absolute Gasteiger partial charge is 0.0912 e. The number of aromatic nitrogens is 1. The average molecular weight is 145 g/mol. The number of nitrogens with zero attached hydrogens (tertiary/aromatic N) is 2. The van der Waals surface area contributed by atoms with E-state index in [1.54, 1.807) is 24.5 Å². The molecule has 1 aromatic rings. The molecular formula is C8H7N3. The zero-order valence-electron chi connectivity index (χ0n) is 5.86. The molecule has 54 valence electrons. The first-order valence-electron chi connectivity index (χ1n) is 3.10. The summed E-state index contributed by atoms with van der Waals surface area (Å²) in [6, 6.07) is 3.64. The summed E-state index contributed by atoms with van der Waals surface area (Å²) < 4.78 is 0. The summed E-state index contributed by atoms with van der Waals surface area (Å²) in [6.07, 6.45) is 6.22. The molecule has 2 N–H and O–H groups in total. The minimum atomic E-state index is 0.582. The van der Waals surface area contributed by atoms with E-state index in [1.165, 1.54) is 6.08 Å². The Labute approximate surface area is 64.8 Å². The SMILES string of the molecule is N#CC=Cc1ccncc1N. The third-order valence-corrected chi connectivity index (χ3v) is 1.22. The van der Waals surface area contributed by atoms with Crippen molar-refractivity contribution in [1.29, 1.82) is 5.26 Å². The lowest BCUT2D eigenvalue weighted by Gasteiger charge is -1.95. The second kappa shape index (κ2) is 3.37. The Kier molecular flexibility index (Phi) is 2.24. The largest absolute Gasteiger partial charge is 0.397 e. The number of anilines is 1. The normalized spacial score (nSPS) is 9.73. The van der Waals surface area contributed by atoms with Gasteiger partial charge in [0.15, 0.2) is 0 Å². The predicted molar refractivity (Wildman–Crippen MR) is 43.3 cm³/mol. The first-order chi connectivity index (χ1) is 5.34. The Morgan fingerprint density at radius 1 is 1.64 bits per heavy atom. The Bertz CT molecular complexity index is 309. The second-order valence-electron chi connectivity index (χ2n) is 1.97. The van der Waals surface area contributed by atoms with Crippen LogP contribution < -0.4 is 5.73 Å². The third kappa shape index (κ3) is 1.80. The van der Waals surface area contributed by atoms with Gasteiger partial charge in [-0.05, 0) is 12.1 Å². The maximum Gasteiger partial charge on any atom is 0.0912 e. The molecule has 0 unspecified atom stereocenters. The lowest BCUT2D eigenvalue weighted by molar-refractivity contribution is 1.32. The Balaban J connectivity index is 2.97. The molecule has 3 nitrogen and oxygen atoms in total. The van der Waals surface area contributed by atoms with E-state index in [0.29, 0.717) is 5.69 Å². The molecule has 0 aliphatic carbocycles. The van der Waals surface area contributed by atoms with Crippen molar-refractivity contribution in [2.24, 2.45) is 0 Å². The lowest BCUT2D eigenvalue weighted by atomic mass is 10.2. The van der Waals surface area contributed by atoms with Crippen LogP contribution >= 0.6 is 0 Å². The number of rotatable bonds is 1. The first kappa shape index (κ1) is 7.29. The van der Waals surface area contributed by atoms with Crippen LogP contribution in [0.15, 0.2) is 24.5 Å². The van der Waals surface area contributed by atoms with Crippen molar-refractivity contribution in [1.82, 2.24) is 4.98 Å². The maximum atomic E-state index is 8.23. The van der Waals surface area contributed by atoms with E-state index < -0.39 is 0 Å². The van der Waals surface area contributed by atoms with Crippen LogP contribution in [0.3, 0.4) is 0 Å². The Hall–Kier alpha value is -1.82. The Morgan fingerprint density at radius 2 is 2.45 bits per heavy atom. The third-order valence-electron chi connectivity index (χ3n) is 1.22. The number of hydrogen-bond acceptors (Lipinski definition) is 3. The van der Waals surface area contributed by atoms with Gasteiger partial charge >= 0.3 is 0 Å². The van der Waals surface area contributed by atoms with Crippen LogP contribution in [-0.2, 0) is 0 Å². The standard InChI is InChI=1S/C8H7N3/c9-4-1-2-7-3-5-11-6-8(7)10/h1-3,5-6H,10H2. The highest BCUT2D eigenvalue weighted by molar-refractivity contribution is 5.64. The van der Waals surface area contributed by atoms with Gasteiger partial charge in [-0.15, -0.1) is 0 Å². The van der Waals surface area contributed by atoms with Gasteiger partial charge in [-0.25, -0.2) is 0 Å². The van der Waals surface area contributed by atoms with Crippen LogP contribution in [0.5, 0.6) is 0 Å². The minimum Gasteiger partial charge on any atom is -0.397 e. The van der Waals surface area contributed by atoms with E-state index in [-0.39, 0.29) is 0 Å². The predicted octanol–water partition coefficient (Wildman–Crippen LogP) is 1.20. The second-order valence-corrected chi connectivity index (χ2v) is 1.97. The Morgan fingerprint density at radius 3 is 3.09 bits per heavy atom. The molecule has 0 atom stereocenters. The van der Waals surface area contributed by atoms with E-state index in [0.717, 1.165) is 5.56 Å². The van der Waals surface area contributed by atoms with Crippen molar-refractivity contribution in [2.75, 3.05) is 5.73 Å². The molecule has 11 heavy (non-hydrogen) atoms. The highest BCUT2D eigenvalue weighted by Crippen LogP contribution is 2.09. The summed E-state index contributed by atoms with van der Waals surface area (Å²) in [5, 5.41) is 8.23. The zero-order valence-corrected chi connectivity index (χ0v) is 5.86. The fraction of sp³-hybridized carbons (Fsp3) is 0. The van der Waals surface area contributed by atoms with Crippen LogP contribution in [0.2, 0.25) is 0 Å². The fourth-order valence-electron chi connectivity index (χ4n) is 0.696. The molecular weight excluding hydrogens is 138 g/mol. The number of allylic oxidation sites excluding steroid dienone is 1. The summed E-state index contributed by atoms with van der Waals surface area (Å²) in [5.74, 6) is 0. The first-order valence-corrected chi connectivity index (χ1v) is 3.10. The molecule has 0 spiro atoms. The van der Waals surface area contributed by atoms with Crippen LogP contribution in [0.1, 0.15) is 5.56 Å². The molecule has 3 heteroatoms. The van der Waals surface area contributed by atoms with Gasteiger partial charge in [0, 0.05) is 17.8 Å². The lowest BCUT2D eigenvalue weighted by Crippen LogP contribution is -1.88. The number of pyridine rings is 1. The van der Waals surface area contributed by atoms with Crippen molar-refractivity contribution in [2.45, 2.75) is 0 Å². The molecule has 0 aliphatic heterocycles. The van der Waals surface area contributed by atoms with E-state index in [4.69, 9.17) is 11.0 Å². The molecule has 1 aromatic heterocycles. The zero-order chi connectivity index (χ0) is 8.10. The van der Waals surface area contributed by atoms with Gasteiger partial charge in [-0.2, -0.15) is 5.26 Å². The molecule has 0 aliphatic rings. The molecule has 0 aromatic carbocycles. The monoisotopic (exact) mass is 145 g/mol. The van der Waals surface area contributed by atoms with E-state index in [9.17, 15) is 0 Å². The van der Waals surface area contributed by atoms with Crippen molar-refractivity contribution >= 4 is 11.8 Å². The van der Waals surface area contributed by atoms with Gasteiger partial charge < -0.3 is 5.73 Å². The summed E-state index contributed by atoms with van der Waals surface area (Å²) in [6.45, 7) is 0. The van der Waals surface area contributed by atoms with E-state index in [2.05, 4.69) is 4.98 Å². The molecule has 0 radical (unpaired) electrons. The van der Waals surface area contributed by atoms with Gasteiger partial charge in [-0.3, -0.25) is 4.98 Å². The van der Waals surface area contributed by atoms with E-state index in [1.807, 2.05) is 6.07 Å². The summed E-state index contributed by atoms with van der Waals surface area (Å²) >= 11 is 0. The molecule has 0 fully saturated rings. The summed E-state index contributed by atoms with van der Waals surface area (Å²) in [5.41, 5.74) is 6.94. The number of hydrogen-bond donors (Lipinski definition) is 1. The maximum absolute atomic E-state index is 8.23. The van der Waals surface area contributed by atoms with Gasteiger partial charge in [0.05, 0.1) is 18.0 Å². The number of nitrogens with two attached hydrogens (primary N) is 1. The van der Waals surface area contributed by atoms with Crippen molar-refractivity contribution in [3.63, 3.8) is 0 Å². The average Bonchev–Trinajstić information content (AvgIpc) is 2.03. The van der Waals surface area contributed by atoms with E-state index >= 15 is 0 Å². The van der Waals surface area contributed by atoms with Gasteiger partial charge in [0.1, 0.15) is 0 Å². The number of nitrogen functional groups attached to an aromatic ring is 1. The van der Waals surface area contributed by atoms with Crippen LogP contribution in [-0.4, -0.2) is 4.98 Å². The highest BCUT2D eigenvalue weighted by atomic mass is 14.7. The molecule has 0 bridgehead atoms. The quantitative estimate of drug-likeness (QED) is 0.604. The topological polar surface area (TPSA) is 62.7 Å². The highest BCUT2D eigenvalue weighted by Gasteiger charge is 1.90. The summed E-state index contributed by atoms with van der Waals surface area (Å²) in [4.78, 5) is 3.81. The molecule has 1 rings (SSSR count). The molecule has 0 amide bonds. The van der Waals surface area contributed by atoms with Crippen molar-refractivity contribution < 1.29 is 0 Å². The number of nitriles is 1. The van der Waals surface area contributed by atoms with Crippen LogP contribution in [0.4, 0.5) is 5.69 Å². The van der Waals surface area contributed by atoms with Crippen LogP contribution in [0, 0.1) is 11.3 Å². The van der Waals surface area contributed by atoms with Crippen molar-refractivity contribution in [3.8, 4) is 6.07 Å². The minimum absolute atomic E-state index is 0.582. The van der Waals surface area contributed by atoms with Gasteiger partial charge in [0.25, 0.3) is 0 Å². The van der Waals surface area contributed by atoms with Crippen LogP contribution in [0.25, 0.3) is 6.08 Å². The van der Waals surface area contributed by atoms with Gasteiger partial charge in [-0.1, -0.05) is 0 Å². The molecule has 0 saturated heterocycles. The van der Waals surface area contributed by atoms with Gasteiger partial charge in [0.2, 0.25) is 0 Å².